The van der Waals surface area contributed by atoms with Gasteiger partial charge >= 0.3 is 0 Å². The second-order valence-corrected chi connectivity index (χ2v) is 3.32. The molecular weight excluding hydrogens is 170 g/mol. The molecule has 0 amide bonds. The van der Waals surface area contributed by atoms with Crippen LogP contribution in [0.2, 0.25) is 5.02 Å². The molecular formula is C10H10ClN. The Balaban J connectivity index is 2.57. The van der Waals surface area contributed by atoms with Crippen LogP contribution in [0.1, 0.15) is 11.1 Å². The zero-order valence-corrected chi connectivity index (χ0v) is 7.43. The highest BCUT2D eigenvalue weighted by molar-refractivity contribution is 6.32. The minimum absolute atomic E-state index is 0.580. The normalized spacial score (nSPS) is 14.3. The second-order valence-electron chi connectivity index (χ2n) is 2.91. The van der Waals surface area contributed by atoms with Crippen LogP contribution in [0.25, 0.3) is 5.57 Å². The van der Waals surface area contributed by atoms with E-state index in [0.717, 1.165) is 17.0 Å². The van der Waals surface area contributed by atoms with Gasteiger partial charge in [-0.25, -0.2) is 0 Å². The number of allylic oxidation sites excluding steroid dienone is 1. The van der Waals surface area contributed by atoms with Crippen LogP contribution in [0.3, 0.4) is 0 Å². The summed E-state index contributed by atoms with van der Waals surface area (Å²) < 4.78 is 0. The molecule has 12 heavy (non-hydrogen) atoms. The van der Waals surface area contributed by atoms with Gasteiger partial charge in [0.25, 0.3) is 0 Å². The van der Waals surface area contributed by atoms with Crippen LogP contribution in [-0.2, 0) is 6.42 Å². The fourth-order valence-corrected chi connectivity index (χ4v) is 1.93. The molecule has 0 radical (unpaired) electrons. The van der Waals surface area contributed by atoms with Crippen molar-refractivity contribution in [2.45, 2.75) is 6.42 Å². The summed E-state index contributed by atoms with van der Waals surface area (Å²) in [5.41, 5.74) is 9.22. The highest BCUT2D eigenvalue weighted by atomic mass is 35.5. The molecule has 2 heteroatoms. The zero-order chi connectivity index (χ0) is 8.55. The van der Waals surface area contributed by atoms with Crippen LogP contribution < -0.4 is 5.73 Å². The molecule has 62 valence electrons. The maximum atomic E-state index is 6.05. The van der Waals surface area contributed by atoms with Gasteiger partial charge in [0, 0.05) is 17.1 Å². The Morgan fingerprint density at radius 2 is 2.25 bits per heavy atom. The first-order valence-electron chi connectivity index (χ1n) is 4.00. The van der Waals surface area contributed by atoms with Crippen molar-refractivity contribution in [3.63, 3.8) is 0 Å². The second kappa shape index (κ2) is 2.92. The lowest BCUT2D eigenvalue weighted by Crippen LogP contribution is -2.01. The molecule has 0 heterocycles. The number of fused-ring (bicyclic) bond motifs is 1. The first kappa shape index (κ1) is 7.84. The zero-order valence-electron chi connectivity index (χ0n) is 6.68. The molecule has 0 aromatic heterocycles. The predicted octanol–water partition coefficient (Wildman–Crippen LogP) is 2.24. The molecule has 1 aromatic carbocycles. The Kier molecular flexibility index (Phi) is 1.91. The van der Waals surface area contributed by atoms with Crippen molar-refractivity contribution >= 4 is 17.2 Å². The molecule has 0 bridgehead atoms. The van der Waals surface area contributed by atoms with Gasteiger partial charge in [-0.2, -0.15) is 0 Å². The average Bonchev–Trinajstić information content (AvgIpc) is 2.49. The van der Waals surface area contributed by atoms with Crippen LogP contribution in [0, 0.1) is 0 Å². The predicted molar refractivity (Wildman–Crippen MR) is 52.2 cm³/mol. The van der Waals surface area contributed by atoms with Gasteiger partial charge in [0.05, 0.1) is 0 Å². The van der Waals surface area contributed by atoms with E-state index < -0.39 is 0 Å². The van der Waals surface area contributed by atoms with Gasteiger partial charge in [-0.1, -0.05) is 29.8 Å². The van der Waals surface area contributed by atoms with Gasteiger partial charge in [-0.05, 0) is 23.6 Å². The number of halogens is 1. The minimum Gasteiger partial charge on any atom is -0.326 e. The Morgan fingerprint density at radius 1 is 1.42 bits per heavy atom. The fraction of sp³-hybridized carbons (Fsp3) is 0.200. The summed E-state index contributed by atoms with van der Waals surface area (Å²) in [5.74, 6) is 0. The number of rotatable bonds is 1. The van der Waals surface area contributed by atoms with E-state index in [-0.39, 0.29) is 0 Å². The summed E-state index contributed by atoms with van der Waals surface area (Å²) in [6.45, 7) is 0.580. The van der Waals surface area contributed by atoms with Crippen molar-refractivity contribution in [2.75, 3.05) is 6.54 Å². The monoisotopic (exact) mass is 179 g/mol. The highest BCUT2D eigenvalue weighted by Crippen LogP contribution is 2.32. The summed E-state index contributed by atoms with van der Waals surface area (Å²) in [7, 11) is 0. The van der Waals surface area contributed by atoms with E-state index in [9.17, 15) is 0 Å². The first-order valence-corrected chi connectivity index (χ1v) is 4.37. The lowest BCUT2D eigenvalue weighted by molar-refractivity contribution is 1.27. The van der Waals surface area contributed by atoms with E-state index in [1.807, 2.05) is 12.1 Å². The summed E-state index contributed by atoms with van der Waals surface area (Å²) in [6, 6.07) is 5.99. The lowest BCUT2D eigenvalue weighted by atomic mass is 10.1. The van der Waals surface area contributed by atoms with Crippen molar-refractivity contribution in [3.8, 4) is 0 Å². The van der Waals surface area contributed by atoms with Crippen molar-refractivity contribution in [2.24, 2.45) is 5.73 Å². The number of hydrogen-bond acceptors (Lipinski definition) is 1. The van der Waals surface area contributed by atoms with Gasteiger partial charge in [0.1, 0.15) is 0 Å². The molecule has 0 spiro atoms. The molecule has 1 nitrogen and oxygen atoms in total. The lowest BCUT2D eigenvalue weighted by Gasteiger charge is -2.04. The number of benzene rings is 1. The van der Waals surface area contributed by atoms with Crippen LogP contribution in [-0.4, -0.2) is 6.54 Å². The maximum Gasteiger partial charge on any atom is 0.0484 e. The van der Waals surface area contributed by atoms with Gasteiger partial charge < -0.3 is 5.73 Å². The Morgan fingerprint density at radius 3 is 3.00 bits per heavy atom. The summed E-state index contributed by atoms with van der Waals surface area (Å²) in [5, 5.41) is 0.821. The van der Waals surface area contributed by atoms with Crippen LogP contribution in [0.5, 0.6) is 0 Å². The van der Waals surface area contributed by atoms with E-state index in [1.54, 1.807) is 0 Å². The molecule has 0 saturated carbocycles. The first-order chi connectivity index (χ1) is 5.83. The van der Waals surface area contributed by atoms with Gasteiger partial charge in [-0.3, -0.25) is 0 Å². The minimum atomic E-state index is 0.580. The average molecular weight is 180 g/mol. The summed E-state index contributed by atoms with van der Waals surface area (Å²) >= 11 is 6.05. The SMILES string of the molecule is NCC1=CCc2cccc(Cl)c21. The maximum absolute atomic E-state index is 6.05. The molecule has 1 aromatic rings. The quantitative estimate of drug-likeness (QED) is 0.703. The van der Waals surface area contributed by atoms with Crippen LogP contribution >= 0.6 is 11.6 Å². The standard InChI is InChI=1S/C10H10ClN/c11-9-3-1-2-7-4-5-8(6-12)10(7)9/h1-3,5H,4,6,12H2. The molecule has 1 aliphatic rings. The van der Waals surface area contributed by atoms with E-state index in [0.29, 0.717) is 6.54 Å². The van der Waals surface area contributed by atoms with E-state index >= 15 is 0 Å². The van der Waals surface area contributed by atoms with Crippen LogP contribution in [0.4, 0.5) is 0 Å². The third-order valence-corrected chi connectivity index (χ3v) is 2.52. The Hall–Kier alpha value is -0.790. The van der Waals surface area contributed by atoms with Gasteiger partial charge in [0.2, 0.25) is 0 Å². The third kappa shape index (κ3) is 1.06. The number of hydrogen-bond donors (Lipinski definition) is 1. The fourth-order valence-electron chi connectivity index (χ4n) is 1.62. The molecule has 0 unspecified atom stereocenters. The van der Waals surface area contributed by atoms with E-state index in [2.05, 4.69) is 12.1 Å². The summed E-state index contributed by atoms with van der Waals surface area (Å²) in [6.07, 6.45) is 3.12. The smallest absolute Gasteiger partial charge is 0.0484 e. The van der Waals surface area contributed by atoms with Crippen molar-refractivity contribution in [1.82, 2.24) is 0 Å². The summed E-state index contributed by atoms with van der Waals surface area (Å²) in [4.78, 5) is 0. The molecule has 2 rings (SSSR count). The molecule has 2 N–H and O–H groups in total. The van der Waals surface area contributed by atoms with Crippen molar-refractivity contribution in [3.05, 3.63) is 40.4 Å². The number of nitrogens with two attached hydrogens (primary N) is 1. The Bertz CT molecular complexity index is 342. The highest BCUT2D eigenvalue weighted by Gasteiger charge is 2.14. The van der Waals surface area contributed by atoms with Gasteiger partial charge in [-0.15, -0.1) is 0 Å². The van der Waals surface area contributed by atoms with Gasteiger partial charge in [0.15, 0.2) is 0 Å². The van der Waals surface area contributed by atoms with E-state index in [4.69, 9.17) is 17.3 Å². The molecule has 0 saturated heterocycles. The van der Waals surface area contributed by atoms with E-state index in [1.165, 1.54) is 11.1 Å². The molecule has 0 aliphatic heterocycles. The van der Waals surface area contributed by atoms with Crippen molar-refractivity contribution in [1.29, 1.82) is 0 Å². The third-order valence-electron chi connectivity index (χ3n) is 2.21. The van der Waals surface area contributed by atoms with Crippen LogP contribution in [0.15, 0.2) is 24.3 Å². The Labute approximate surface area is 76.8 Å². The molecule has 0 atom stereocenters. The molecule has 1 aliphatic carbocycles. The topological polar surface area (TPSA) is 26.0 Å². The van der Waals surface area contributed by atoms with Crippen molar-refractivity contribution < 1.29 is 0 Å². The molecule has 0 fully saturated rings. The largest absolute Gasteiger partial charge is 0.326 e.